The maximum Gasteiger partial charge on any atom is 0.267 e. The first-order valence-electron chi connectivity index (χ1n) is 7.27. The lowest BCUT2D eigenvalue weighted by molar-refractivity contribution is -0.126. The molecule has 0 atom stereocenters. The van der Waals surface area contributed by atoms with Crippen molar-refractivity contribution >= 4 is 23.2 Å². The number of thiazole rings is 1. The average molecular weight is 317 g/mol. The first kappa shape index (κ1) is 13.5. The Morgan fingerprint density at radius 3 is 3.05 bits per heavy atom. The molecular formula is C15H15N3O3S. The van der Waals surface area contributed by atoms with E-state index in [1.165, 1.54) is 24.2 Å². The van der Waals surface area contributed by atoms with Crippen molar-refractivity contribution < 1.29 is 14.0 Å². The maximum atomic E-state index is 12.5. The third kappa shape index (κ3) is 2.52. The first-order chi connectivity index (χ1) is 10.7. The van der Waals surface area contributed by atoms with Crippen molar-refractivity contribution in [1.29, 1.82) is 0 Å². The lowest BCUT2D eigenvalue weighted by Gasteiger charge is -2.17. The lowest BCUT2D eigenvalue weighted by Crippen LogP contribution is -2.31. The molecule has 6 nitrogen and oxygen atoms in total. The Balaban J connectivity index is 1.46. The van der Waals surface area contributed by atoms with Crippen LogP contribution in [0.25, 0.3) is 10.8 Å². The van der Waals surface area contributed by atoms with Gasteiger partial charge in [-0.15, -0.1) is 11.3 Å². The van der Waals surface area contributed by atoms with Gasteiger partial charge in [0.25, 0.3) is 5.91 Å². The first-order valence-corrected chi connectivity index (χ1v) is 8.09. The molecule has 7 heteroatoms. The van der Waals surface area contributed by atoms with E-state index in [0.29, 0.717) is 28.2 Å². The Bertz CT molecular complexity index is 705. The molecule has 2 fully saturated rings. The summed E-state index contributed by atoms with van der Waals surface area (Å²) in [6.45, 7) is 1.34. The number of furan rings is 1. The molecule has 2 aromatic heterocycles. The fourth-order valence-electron chi connectivity index (χ4n) is 2.55. The number of carbonyl (C=O) groups is 2. The van der Waals surface area contributed by atoms with E-state index in [9.17, 15) is 9.59 Å². The van der Waals surface area contributed by atoms with Crippen LogP contribution >= 0.6 is 11.3 Å². The van der Waals surface area contributed by atoms with E-state index in [-0.39, 0.29) is 18.4 Å². The summed E-state index contributed by atoms with van der Waals surface area (Å²) in [5.74, 6) is 1.18. The molecule has 1 aliphatic carbocycles. The largest absolute Gasteiger partial charge is 0.462 e. The molecule has 0 N–H and O–H groups in total. The molecule has 4 rings (SSSR count). The lowest BCUT2D eigenvalue weighted by atomic mass is 10.4. The number of hydrogen-bond acceptors (Lipinski definition) is 5. The van der Waals surface area contributed by atoms with E-state index in [0.717, 1.165) is 6.54 Å². The molecule has 0 aromatic carbocycles. The predicted molar refractivity (Wildman–Crippen MR) is 80.2 cm³/mol. The van der Waals surface area contributed by atoms with Gasteiger partial charge in [0.15, 0.2) is 10.8 Å². The molecule has 1 aliphatic heterocycles. The molecule has 3 heterocycles. The van der Waals surface area contributed by atoms with Gasteiger partial charge in [0.1, 0.15) is 11.4 Å². The van der Waals surface area contributed by atoms with Crippen LogP contribution in [0.1, 0.15) is 22.5 Å². The van der Waals surface area contributed by atoms with Crippen LogP contribution in [-0.2, 0) is 4.79 Å². The number of aromatic nitrogens is 1. The maximum absolute atomic E-state index is 12.5. The Labute approximate surface area is 131 Å². The summed E-state index contributed by atoms with van der Waals surface area (Å²) in [5, 5.41) is 0.675. The number of amides is 2. The third-order valence-corrected chi connectivity index (χ3v) is 4.93. The minimum Gasteiger partial charge on any atom is -0.462 e. The van der Waals surface area contributed by atoms with E-state index >= 15 is 0 Å². The van der Waals surface area contributed by atoms with Crippen LogP contribution in [-0.4, -0.2) is 46.4 Å². The van der Waals surface area contributed by atoms with Crippen LogP contribution in [0.3, 0.4) is 0 Å². The molecule has 22 heavy (non-hydrogen) atoms. The van der Waals surface area contributed by atoms with Gasteiger partial charge in [0.2, 0.25) is 5.91 Å². The normalized spacial score (nSPS) is 18.3. The second-order valence-corrected chi connectivity index (χ2v) is 6.74. The molecule has 1 saturated carbocycles. The van der Waals surface area contributed by atoms with Crippen LogP contribution in [0.2, 0.25) is 0 Å². The predicted octanol–water partition coefficient (Wildman–Crippen LogP) is 2.06. The standard InChI is InChI=1S/C15H15N3O3S/c19-13-8-18(9-17(13)7-10-3-4-10)15(20)12-6-16-14(22-12)11-2-1-5-21-11/h1-2,5-6,10H,3-4,7-9H2. The molecule has 2 amide bonds. The van der Waals surface area contributed by atoms with Crippen LogP contribution in [0, 0.1) is 5.92 Å². The highest BCUT2D eigenvalue weighted by molar-refractivity contribution is 7.16. The van der Waals surface area contributed by atoms with Crippen molar-refractivity contribution in [3.05, 3.63) is 29.5 Å². The highest BCUT2D eigenvalue weighted by Crippen LogP contribution is 2.31. The molecule has 0 unspecified atom stereocenters. The molecule has 2 aromatic rings. The zero-order chi connectivity index (χ0) is 15.1. The number of hydrogen-bond donors (Lipinski definition) is 0. The molecule has 0 bridgehead atoms. The number of rotatable bonds is 4. The van der Waals surface area contributed by atoms with Gasteiger partial charge in [-0.1, -0.05) is 0 Å². The van der Waals surface area contributed by atoms with E-state index < -0.39 is 0 Å². The van der Waals surface area contributed by atoms with E-state index in [4.69, 9.17) is 4.42 Å². The van der Waals surface area contributed by atoms with Crippen molar-refractivity contribution in [2.75, 3.05) is 19.8 Å². The quantitative estimate of drug-likeness (QED) is 0.865. The number of nitrogens with zero attached hydrogens (tertiary/aromatic N) is 3. The van der Waals surface area contributed by atoms with Gasteiger partial charge >= 0.3 is 0 Å². The summed E-state index contributed by atoms with van der Waals surface area (Å²) in [6, 6.07) is 3.59. The Kier molecular flexibility index (Phi) is 3.22. The monoisotopic (exact) mass is 317 g/mol. The topological polar surface area (TPSA) is 66.7 Å². The van der Waals surface area contributed by atoms with Gasteiger partial charge in [0, 0.05) is 6.54 Å². The smallest absolute Gasteiger partial charge is 0.267 e. The SMILES string of the molecule is O=C1CN(C(=O)c2cnc(-c3ccco3)s2)CN1CC1CC1. The van der Waals surface area contributed by atoms with Gasteiger partial charge in [-0.05, 0) is 30.9 Å². The number of carbonyl (C=O) groups excluding carboxylic acids is 2. The summed E-state index contributed by atoms with van der Waals surface area (Å²) < 4.78 is 5.28. The molecule has 0 radical (unpaired) electrons. The van der Waals surface area contributed by atoms with Crippen molar-refractivity contribution in [2.45, 2.75) is 12.8 Å². The van der Waals surface area contributed by atoms with E-state index in [1.807, 2.05) is 6.07 Å². The van der Waals surface area contributed by atoms with Gasteiger partial charge in [0.05, 0.1) is 19.1 Å². The fourth-order valence-corrected chi connectivity index (χ4v) is 3.40. The summed E-state index contributed by atoms with van der Waals surface area (Å²) >= 11 is 1.29. The zero-order valence-corrected chi connectivity index (χ0v) is 12.7. The Morgan fingerprint density at radius 2 is 2.32 bits per heavy atom. The molecule has 0 spiro atoms. The third-order valence-electron chi connectivity index (χ3n) is 3.93. The van der Waals surface area contributed by atoms with Crippen LogP contribution in [0.4, 0.5) is 0 Å². The van der Waals surface area contributed by atoms with E-state index in [1.54, 1.807) is 28.3 Å². The fraction of sp³-hybridized carbons (Fsp3) is 0.400. The average Bonchev–Trinajstić information content (AvgIpc) is 2.96. The second kappa shape index (κ2) is 5.24. The molecule has 114 valence electrons. The van der Waals surface area contributed by atoms with Gasteiger partial charge < -0.3 is 14.2 Å². The highest BCUT2D eigenvalue weighted by atomic mass is 32.1. The molecular weight excluding hydrogens is 302 g/mol. The summed E-state index contributed by atoms with van der Waals surface area (Å²) in [6.07, 6.45) is 5.52. The van der Waals surface area contributed by atoms with Crippen molar-refractivity contribution in [2.24, 2.45) is 5.92 Å². The summed E-state index contributed by atoms with van der Waals surface area (Å²) in [4.78, 5) is 32.6. The van der Waals surface area contributed by atoms with Gasteiger partial charge in [-0.3, -0.25) is 9.59 Å². The van der Waals surface area contributed by atoms with Crippen LogP contribution in [0.15, 0.2) is 29.0 Å². The summed E-state index contributed by atoms with van der Waals surface area (Å²) in [5.41, 5.74) is 0. The second-order valence-electron chi connectivity index (χ2n) is 5.71. The molecule has 2 aliphatic rings. The minimum atomic E-state index is -0.137. The van der Waals surface area contributed by atoms with Gasteiger partial charge in [-0.25, -0.2) is 4.98 Å². The van der Waals surface area contributed by atoms with Crippen molar-refractivity contribution in [3.63, 3.8) is 0 Å². The molecule has 1 saturated heterocycles. The van der Waals surface area contributed by atoms with Crippen LogP contribution < -0.4 is 0 Å². The van der Waals surface area contributed by atoms with Crippen LogP contribution in [0.5, 0.6) is 0 Å². The summed E-state index contributed by atoms with van der Waals surface area (Å²) in [7, 11) is 0. The minimum absolute atomic E-state index is 0.0380. The Hall–Kier alpha value is -2.15. The van der Waals surface area contributed by atoms with Crippen molar-refractivity contribution in [1.82, 2.24) is 14.8 Å². The Morgan fingerprint density at radius 1 is 1.45 bits per heavy atom. The van der Waals surface area contributed by atoms with E-state index in [2.05, 4.69) is 4.98 Å². The highest BCUT2D eigenvalue weighted by Gasteiger charge is 2.35. The zero-order valence-electron chi connectivity index (χ0n) is 11.9. The van der Waals surface area contributed by atoms with Gasteiger partial charge in [-0.2, -0.15) is 0 Å². The van der Waals surface area contributed by atoms with Crippen molar-refractivity contribution in [3.8, 4) is 10.8 Å².